The first-order valence-corrected chi connectivity index (χ1v) is 6.10. The van der Waals surface area contributed by atoms with Gasteiger partial charge in [0.2, 0.25) is 5.91 Å². The highest BCUT2D eigenvalue weighted by molar-refractivity contribution is 5.81. The Hall–Kier alpha value is -1.31. The second-order valence-corrected chi connectivity index (χ2v) is 5.18. The number of nitrogens with zero attached hydrogens (tertiary/aromatic N) is 1. The molecule has 0 saturated carbocycles. The molecule has 3 rings (SSSR count). The fraction of sp³-hybridized carbons (Fsp3) is 0.500. The lowest BCUT2D eigenvalue weighted by Gasteiger charge is -2.20. The van der Waals surface area contributed by atoms with E-state index < -0.39 is 0 Å². The van der Waals surface area contributed by atoms with Gasteiger partial charge in [-0.3, -0.25) is 4.79 Å². The molecule has 2 saturated heterocycles. The molecule has 2 heterocycles. The van der Waals surface area contributed by atoms with E-state index in [2.05, 4.69) is 36.1 Å². The minimum absolute atomic E-state index is 0.350. The first-order valence-electron chi connectivity index (χ1n) is 6.10. The van der Waals surface area contributed by atoms with Gasteiger partial charge in [-0.05, 0) is 17.9 Å². The van der Waals surface area contributed by atoms with Crippen molar-refractivity contribution in [1.82, 2.24) is 4.90 Å². The summed E-state index contributed by atoms with van der Waals surface area (Å²) < 4.78 is 0. The number of benzene rings is 1. The standard InChI is InChI=1S/C14H17NO/c1-10-7-13-12(8-14(16)15(13)9-10)11-5-3-2-4-6-11/h2-6,10,12-13H,7-9H2,1H3/t10-,12-,13+/m1/s1. The number of hydrogen-bond acceptors (Lipinski definition) is 1. The monoisotopic (exact) mass is 215 g/mol. The predicted octanol–water partition coefficient (Wildman–Crippen LogP) is 2.41. The Morgan fingerprint density at radius 3 is 2.75 bits per heavy atom. The highest BCUT2D eigenvalue weighted by Crippen LogP contribution is 2.41. The lowest BCUT2D eigenvalue weighted by atomic mass is 9.89. The predicted molar refractivity (Wildman–Crippen MR) is 63.1 cm³/mol. The summed E-state index contributed by atoms with van der Waals surface area (Å²) in [6, 6.07) is 11.0. The normalized spacial score (nSPS) is 33.2. The highest BCUT2D eigenvalue weighted by atomic mass is 16.2. The van der Waals surface area contributed by atoms with Gasteiger partial charge in [0.15, 0.2) is 0 Å². The van der Waals surface area contributed by atoms with Crippen molar-refractivity contribution in [2.75, 3.05) is 6.54 Å². The molecule has 1 amide bonds. The summed E-state index contributed by atoms with van der Waals surface area (Å²) in [7, 11) is 0. The zero-order valence-electron chi connectivity index (χ0n) is 9.60. The van der Waals surface area contributed by atoms with Crippen molar-refractivity contribution in [3.05, 3.63) is 35.9 Å². The third kappa shape index (κ3) is 1.44. The van der Waals surface area contributed by atoms with Crippen LogP contribution in [0.15, 0.2) is 30.3 Å². The van der Waals surface area contributed by atoms with Gasteiger partial charge < -0.3 is 4.90 Å². The fourth-order valence-electron chi connectivity index (χ4n) is 3.24. The van der Waals surface area contributed by atoms with Crippen LogP contribution in [-0.4, -0.2) is 23.4 Å². The maximum absolute atomic E-state index is 11.9. The average Bonchev–Trinajstić information content (AvgIpc) is 2.80. The van der Waals surface area contributed by atoms with Crippen molar-refractivity contribution in [1.29, 1.82) is 0 Å². The van der Waals surface area contributed by atoms with Crippen LogP contribution in [0.1, 0.15) is 31.2 Å². The smallest absolute Gasteiger partial charge is 0.223 e. The molecule has 2 fully saturated rings. The number of hydrogen-bond donors (Lipinski definition) is 0. The van der Waals surface area contributed by atoms with E-state index in [-0.39, 0.29) is 0 Å². The number of carbonyl (C=O) groups excluding carboxylic acids is 1. The quantitative estimate of drug-likeness (QED) is 0.704. The van der Waals surface area contributed by atoms with E-state index in [9.17, 15) is 4.79 Å². The Morgan fingerprint density at radius 2 is 2.00 bits per heavy atom. The molecule has 0 N–H and O–H groups in total. The van der Waals surface area contributed by atoms with E-state index in [4.69, 9.17) is 0 Å². The largest absolute Gasteiger partial charge is 0.339 e. The lowest BCUT2D eigenvalue weighted by molar-refractivity contribution is -0.128. The highest BCUT2D eigenvalue weighted by Gasteiger charge is 2.45. The van der Waals surface area contributed by atoms with E-state index in [0.717, 1.165) is 6.54 Å². The van der Waals surface area contributed by atoms with Crippen LogP contribution in [0.25, 0.3) is 0 Å². The van der Waals surface area contributed by atoms with Gasteiger partial charge in [-0.1, -0.05) is 37.3 Å². The molecule has 2 heteroatoms. The molecule has 0 bridgehead atoms. The molecule has 2 nitrogen and oxygen atoms in total. The number of rotatable bonds is 1. The minimum atomic E-state index is 0.350. The van der Waals surface area contributed by atoms with Gasteiger partial charge in [0, 0.05) is 24.9 Å². The topological polar surface area (TPSA) is 20.3 Å². The zero-order valence-corrected chi connectivity index (χ0v) is 9.60. The van der Waals surface area contributed by atoms with Crippen LogP contribution in [0.2, 0.25) is 0 Å². The van der Waals surface area contributed by atoms with Gasteiger partial charge in [0.05, 0.1) is 0 Å². The number of carbonyl (C=O) groups is 1. The molecular formula is C14H17NO. The van der Waals surface area contributed by atoms with Gasteiger partial charge in [0.1, 0.15) is 0 Å². The maximum atomic E-state index is 11.9. The van der Waals surface area contributed by atoms with Gasteiger partial charge in [-0.2, -0.15) is 0 Å². The Morgan fingerprint density at radius 1 is 1.25 bits per heavy atom. The SMILES string of the molecule is C[C@@H]1C[C@H]2[C@@H](c3ccccc3)CC(=O)N2C1. The van der Waals surface area contributed by atoms with Crippen LogP contribution in [-0.2, 0) is 4.79 Å². The van der Waals surface area contributed by atoms with Crippen LogP contribution < -0.4 is 0 Å². The first-order chi connectivity index (χ1) is 7.75. The maximum Gasteiger partial charge on any atom is 0.223 e. The van der Waals surface area contributed by atoms with Crippen LogP contribution >= 0.6 is 0 Å². The fourth-order valence-corrected chi connectivity index (χ4v) is 3.24. The zero-order chi connectivity index (χ0) is 11.1. The summed E-state index contributed by atoms with van der Waals surface area (Å²) in [5, 5.41) is 0. The molecule has 2 aliphatic heterocycles. The number of fused-ring (bicyclic) bond motifs is 1. The molecule has 0 radical (unpaired) electrons. The van der Waals surface area contributed by atoms with Gasteiger partial charge in [0.25, 0.3) is 0 Å². The molecule has 3 atom stereocenters. The average molecular weight is 215 g/mol. The van der Waals surface area contributed by atoms with Crippen molar-refractivity contribution in [2.45, 2.75) is 31.7 Å². The van der Waals surface area contributed by atoms with Crippen molar-refractivity contribution in [3.63, 3.8) is 0 Å². The second kappa shape index (κ2) is 3.62. The Kier molecular flexibility index (Phi) is 2.23. The van der Waals surface area contributed by atoms with E-state index in [0.29, 0.717) is 30.2 Å². The molecule has 0 aromatic heterocycles. The van der Waals surface area contributed by atoms with Crippen molar-refractivity contribution >= 4 is 5.91 Å². The van der Waals surface area contributed by atoms with E-state index in [1.54, 1.807) is 0 Å². The van der Waals surface area contributed by atoms with E-state index >= 15 is 0 Å². The Labute approximate surface area is 96.3 Å². The van der Waals surface area contributed by atoms with E-state index in [1.807, 2.05) is 6.07 Å². The van der Waals surface area contributed by atoms with Crippen molar-refractivity contribution < 1.29 is 4.79 Å². The van der Waals surface area contributed by atoms with Gasteiger partial charge in [-0.15, -0.1) is 0 Å². The Bertz CT molecular complexity index is 400. The molecule has 84 valence electrons. The molecule has 2 aliphatic rings. The lowest BCUT2D eigenvalue weighted by Crippen LogP contribution is -2.28. The molecule has 16 heavy (non-hydrogen) atoms. The van der Waals surface area contributed by atoms with Gasteiger partial charge >= 0.3 is 0 Å². The molecule has 0 aliphatic carbocycles. The summed E-state index contributed by atoms with van der Waals surface area (Å²) in [4.78, 5) is 14.0. The van der Waals surface area contributed by atoms with Crippen LogP contribution in [0.5, 0.6) is 0 Å². The summed E-state index contributed by atoms with van der Waals surface area (Å²) in [6.07, 6.45) is 1.88. The summed E-state index contributed by atoms with van der Waals surface area (Å²) in [6.45, 7) is 3.21. The number of amides is 1. The minimum Gasteiger partial charge on any atom is -0.339 e. The van der Waals surface area contributed by atoms with Crippen LogP contribution in [0, 0.1) is 5.92 Å². The summed E-state index contributed by atoms with van der Waals surface area (Å²) in [5.74, 6) is 1.45. The molecule has 1 aromatic carbocycles. The van der Waals surface area contributed by atoms with Crippen molar-refractivity contribution in [2.24, 2.45) is 5.92 Å². The summed E-state index contributed by atoms with van der Waals surface area (Å²) in [5.41, 5.74) is 1.33. The molecule has 0 unspecified atom stereocenters. The van der Waals surface area contributed by atoms with Crippen LogP contribution in [0.3, 0.4) is 0 Å². The van der Waals surface area contributed by atoms with Crippen LogP contribution in [0.4, 0.5) is 0 Å². The Balaban J connectivity index is 1.90. The third-order valence-corrected chi connectivity index (χ3v) is 3.96. The first kappa shape index (κ1) is 9.88. The molecule has 1 aromatic rings. The third-order valence-electron chi connectivity index (χ3n) is 3.96. The van der Waals surface area contributed by atoms with E-state index in [1.165, 1.54) is 12.0 Å². The summed E-state index contributed by atoms with van der Waals surface area (Å²) >= 11 is 0. The molecule has 0 spiro atoms. The van der Waals surface area contributed by atoms with Crippen molar-refractivity contribution in [3.8, 4) is 0 Å². The molecular weight excluding hydrogens is 198 g/mol. The second-order valence-electron chi connectivity index (χ2n) is 5.18. The van der Waals surface area contributed by atoms with Gasteiger partial charge in [-0.25, -0.2) is 0 Å².